The summed E-state index contributed by atoms with van der Waals surface area (Å²) < 4.78 is 31.5. The van der Waals surface area contributed by atoms with Crippen LogP contribution in [0.1, 0.15) is 42.5 Å². The van der Waals surface area contributed by atoms with Crippen LogP contribution in [-0.2, 0) is 17.5 Å². The van der Waals surface area contributed by atoms with Crippen molar-refractivity contribution in [2.24, 2.45) is 4.40 Å². The van der Waals surface area contributed by atoms with Crippen LogP contribution in [0.15, 0.2) is 53.2 Å². The summed E-state index contributed by atoms with van der Waals surface area (Å²) in [7, 11) is -1.49. The predicted octanol–water partition coefficient (Wildman–Crippen LogP) is 4.25. The molecule has 0 aliphatic rings. The zero-order valence-corrected chi connectivity index (χ0v) is 18.7. The maximum Gasteiger partial charge on any atom is 0.295 e. The van der Waals surface area contributed by atoms with Gasteiger partial charge in [0.25, 0.3) is 5.91 Å². The van der Waals surface area contributed by atoms with Gasteiger partial charge < -0.3 is 5.32 Å². The van der Waals surface area contributed by atoms with Gasteiger partial charge in [-0.25, -0.2) is 18.3 Å². The smallest absolute Gasteiger partial charge is 0.295 e. The Hall–Kier alpha value is -2.91. The van der Waals surface area contributed by atoms with Crippen molar-refractivity contribution in [3.05, 3.63) is 76.6 Å². The second-order valence-electron chi connectivity index (χ2n) is 7.67. The fourth-order valence-corrected chi connectivity index (χ4v) is 3.23. The monoisotopic (exact) mass is 461 g/mol. The summed E-state index contributed by atoms with van der Waals surface area (Å²) in [5.74, 6) is -1.60. The maximum absolute atomic E-state index is 14.4. The van der Waals surface area contributed by atoms with Crippen LogP contribution in [0.3, 0.4) is 0 Å². The number of rotatable bonds is 6. The number of carbonyl (C=O) groups is 1. The molecule has 1 aromatic heterocycles. The van der Waals surface area contributed by atoms with Gasteiger partial charge in [0.05, 0.1) is 22.0 Å². The lowest BCUT2D eigenvalue weighted by Crippen LogP contribution is -2.19. The number of halogens is 2. The van der Waals surface area contributed by atoms with Gasteiger partial charge in [0.15, 0.2) is 5.82 Å². The van der Waals surface area contributed by atoms with E-state index in [1.165, 1.54) is 29.4 Å². The fraction of sp³-hybridized carbons (Fsp3) is 0.238. The fourth-order valence-electron chi connectivity index (χ4n) is 2.47. The van der Waals surface area contributed by atoms with Crippen LogP contribution in [-0.4, -0.2) is 35.8 Å². The lowest BCUT2D eigenvalue weighted by molar-refractivity contribution is 0.101. The predicted molar refractivity (Wildman–Crippen MR) is 120 cm³/mol. The van der Waals surface area contributed by atoms with Crippen molar-refractivity contribution in [1.29, 1.82) is 0 Å². The standard InChI is InChI=1S/C21H21ClFN5O2S/c1-21(2,3)31(30)25-11-15-9-16(22)18(23)17(10-15)26-20(29)19-24-13-28(27-19)12-14-7-5-4-6-8-14/h4-11,13H,12H2,1-3H3,(H,26,29)/t31-/m1/s1. The number of benzene rings is 2. The number of carbonyl (C=O) groups excluding carboxylic acids is 1. The van der Waals surface area contributed by atoms with Crippen LogP contribution in [0, 0.1) is 5.82 Å². The molecule has 31 heavy (non-hydrogen) atoms. The Morgan fingerprint density at radius 1 is 1.29 bits per heavy atom. The number of hydrogen-bond donors (Lipinski definition) is 1. The van der Waals surface area contributed by atoms with Crippen LogP contribution in [0.25, 0.3) is 0 Å². The molecule has 0 unspecified atom stereocenters. The molecule has 0 fully saturated rings. The molecule has 0 spiro atoms. The summed E-state index contributed by atoms with van der Waals surface area (Å²) >= 11 is 5.95. The zero-order chi connectivity index (χ0) is 22.6. The molecule has 0 saturated carbocycles. The lowest BCUT2D eigenvalue weighted by atomic mass is 10.2. The zero-order valence-electron chi connectivity index (χ0n) is 17.2. The molecule has 3 aromatic rings. The van der Waals surface area contributed by atoms with E-state index in [9.17, 15) is 13.4 Å². The Balaban J connectivity index is 1.76. The minimum absolute atomic E-state index is 0.112. The Morgan fingerprint density at radius 2 is 2.00 bits per heavy atom. The van der Waals surface area contributed by atoms with Gasteiger partial charge in [-0.3, -0.25) is 4.79 Å². The lowest BCUT2D eigenvalue weighted by Gasteiger charge is -2.13. The van der Waals surface area contributed by atoms with E-state index < -0.39 is 27.5 Å². The summed E-state index contributed by atoms with van der Waals surface area (Å²) in [4.78, 5) is 16.5. The molecule has 0 aliphatic heterocycles. The van der Waals surface area contributed by atoms with Crippen LogP contribution < -0.4 is 5.32 Å². The topological polar surface area (TPSA) is 89.2 Å². The van der Waals surface area contributed by atoms with E-state index in [1.807, 2.05) is 30.3 Å². The average molecular weight is 462 g/mol. The molecule has 0 aliphatic carbocycles. The molecule has 0 radical (unpaired) electrons. The quantitative estimate of drug-likeness (QED) is 0.555. The Kier molecular flexibility index (Phi) is 6.97. The molecule has 1 amide bonds. The molecule has 1 N–H and O–H groups in total. The van der Waals surface area contributed by atoms with Crippen molar-refractivity contribution in [3.63, 3.8) is 0 Å². The van der Waals surface area contributed by atoms with Crippen molar-refractivity contribution in [2.75, 3.05) is 5.32 Å². The van der Waals surface area contributed by atoms with Crippen LogP contribution >= 0.6 is 11.6 Å². The van der Waals surface area contributed by atoms with E-state index in [1.54, 1.807) is 20.8 Å². The van der Waals surface area contributed by atoms with Gasteiger partial charge in [0.1, 0.15) is 17.3 Å². The Labute approximate surface area is 187 Å². The Morgan fingerprint density at radius 3 is 2.68 bits per heavy atom. The molecular weight excluding hydrogens is 441 g/mol. The second kappa shape index (κ2) is 9.49. The normalized spacial score (nSPS) is 12.8. The number of nitrogens with zero attached hydrogens (tertiary/aromatic N) is 4. The van der Waals surface area contributed by atoms with Gasteiger partial charge in [-0.2, -0.15) is 4.40 Å². The molecule has 2 aromatic carbocycles. The molecule has 7 nitrogen and oxygen atoms in total. The van der Waals surface area contributed by atoms with E-state index in [0.29, 0.717) is 12.1 Å². The molecule has 162 valence electrons. The molecule has 1 heterocycles. The van der Waals surface area contributed by atoms with E-state index in [0.717, 1.165) is 5.56 Å². The molecule has 3 rings (SSSR count). The van der Waals surface area contributed by atoms with E-state index in [2.05, 4.69) is 19.8 Å². The highest BCUT2D eigenvalue weighted by molar-refractivity contribution is 7.85. The van der Waals surface area contributed by atoms with Gasteiger partial charge >= 0.3 is 0 Å². The summed E-state index contributed by atoms with van der Waals surface area (Å²) in [6.07, 6.45) is 2.76. The summed E-state index contributed by atoms with van der Waals surface area (Å²) in [5, 5.41) is 6.36. The van der Waals surface area contributed by atoms with Crippen molar-refractivity contribution in [1.82, 2.24) is 14.8 Å². The van der Waals surface area contributed by atoms with Crippen LogP contribution in [0.2, 0.25) is 5.02 Å². The molecule has 10 heteroatoms. The first-order valence-corrected chi connectivity index (χ1v) is 10.8. The molecular formula is C21H21ClFN5O2S. The third kappa shape index (κ3) is 6.05. The van der Waals surface area contributed by atoms with E-state index in [4.69, 9.17) is 11.6 Å². The van der Waals surface area contributed by atoms with Gasteiger partial charge in [0, 0.05) is 6.21 Å². The van der Waals surface area contributed by atoms with Crippen molar-refractivity contribution in [2.45, 2.75) is 32.1 Å². The SMILES string of the molecule is CC(C)(C)[S@@](=O)N=Cc1cc(Cl)c(F)c(NC(=O)c2ncn(Cc3ccccc3)n2)c1. The highest BCUT2D eigenvalue weighted by atomic mass is 35.5. The molecule has 1 atom stereocenters. The van der Waals surface area contributed by atoms with E-state index >= 15 is 0 Å². The highest BCUT2D eigenvalue weighted by Crippen LogP contribution is 2.25. The third-order valence-corrected chi connectivity index (χ3v) is 5.67. The van der Waals surface area contributed by atoms with Crippen LogP contribution in [0.5, 0.6) is 0 Å². The number of amides is 1. The van der Waals surface area contributed by atoms with E-state index in [-0.39, 0.29) is 16.5 Å². The number of hydrogen-bond acceptors (Lipinski definition) is 4. The summed E-state index contributed by atoms with van der Waals surface area (Å²) in [5.41, 5.74) is 1.23. The number of anilines is 1. The van der Waals surface area contributed by atoms with Crippen LogP contribution in [0.4, 0.5) is 10.1 Å². The minimum Gasteiger partial charge on any atom is -0.317 e. The first-order chi connectivity index (χ1) is 14.6. The van der Waals surface area contributed by atoms with Crippen molar-refractivity contribution < 1.29 is 13.4 Å². The van der Waals surface area contributed by atoms with Crippen molar-refractivity contribution >= 4 is 40.4 Å². The molecule has 0 bridgehead atoms. The summed E-state index contributed by atoms with van der Waals surface area (Å²) in [6.45, 7) is 5.80. The third-order valence-electron chi connectivity index (χ3n) is 4.05. The first-order valence-electron chi connectivity index (χ1n) is 9.33. The number of nitrogens with one attached hydrogen (secondary N) is 1. The summed E-state index contributed by atoms with van der Waals surface area (Å²) in [6, 6.07) is 12.3. The molecule has 0 saturated heterocycles. The van der Waals surface area contributed by atoms with Gasteiger partial charge in [-0.15, -0.1) is 5.10 Å². The average Bonchev–Trinajstić information content (AvgIpc) is 3.18. The largest absolute Gasteiger partial charge is 0.317 e. The maximum atomic E-state index is 14.4. The second-order valence-corrected chi connectivity index (χ2v) is 10.0. The Bertz CT molecular complexity index is 1140. The highest BCUT2D eigenvalue weighted by Gasteiger charge is 2.19. The van der Waals surface area contributed by atoms with Gasteiger partial charge in [0.2, 0.25) is 5.82 Å². The first kappa shape index (κ1) is 22.8. The van der Waals surface area contributed by atoms with Crippen molar-refractivity contribution in [3.8, 4) is 0 Å². The van der Waals surface area contributed by atoms with Gasteiger partial charge in [-0.05, 0) is 44.0 Å². The van der Waals surface area contributed by atoms with Gasteiger partial charge in [-0.1, -0.05) is 41.9 Å². The minimum atomic E-state index is -1.49. The number of aromatic nitrogens is 3.